The fourth-order valence-electron chi connectivity index (χ4n) is 2.03. The van der Waals surface area contributed by atoms with E-state index in [4.69, 9.17) is 5.73 Å². The predicted octanol–water partition coefficient (Wildman–Crippen LogP) is 2.98. The van der Waals surface area contributed by atoms with E-state index in [1.165, 1.54) is 0 Å². The summed E-state index contributed by atoms with van der Waals surface area (Å²) in [6.07, 6.45) is 3.57. The summed E-state index contributed by atoms with van der Waals surface area (Å²) in [5.74, 6) is 0. The van der Waals surface area contributed by atoms with E-state index in [9.17, 15) is 0 Å². The maximum absolute atomic E-state index is 6.37. The molecule has 0 saturated heterocycles. The molecule has 4 nitrogen and oxygen atoms in total. The zero-order chi connectivity index (χ0) is 13.3. The number of aromatic nitrogens is 3. The van der Waals surface area contributed by atoms with Gasteiger partial charge in [0.2, 0.25) is 0 Å². The van der Waals surface area contributed by atoms with Gasteiger partial charge in [0.15, 0.2) is 0 Å². The normalized spacial score (nSPS) is 13.0. The summed E-state index contributed by atoms with van der Waals surface area (Å²) in [7, 11) is 0. The predicted molar refractivity (Wildman–Crippen MR) is 75.3 cm³/mol. The third-order valence-electron chi connectivity index (χ3n) is 2.95. The molecule has 2 aromatic rings. The average molecular weight is 309 g/mol. The maximum atomic E-state index is 6.37. The summed E-state index contributed by atoms with van der Waals surface area (Å²) in [5, 5.41) is 4.36. The van der Waals surface area contributed by atoms with Gasteiger partial charge in [0.25, 0.3) is 0 Å². The minimum atomic E-state index is -0.224. The lowest BCUT2D eigenvalue weighted by Crippen LogP contribution is -2.20. The Balaban J connectivity index is 2.49. The highest BCUT2D eigenvalue weighted by Gasteiger charge is 2.21. The average Bonchev–Trinajstić information content (AvgIpc) is 2.71. The first-order valence-electron chi connectivity index (χ1n) is 5.92. The van der Waals surface area contributed by atoms with E-state index in [2.05, 4.69) is 39.9 Å². The quantitative estimate of drug-likeness (QED) is 0.948. The number of hydrogen-bond donors (Lipinski definition) is 1. The van der Waals surface area contributed by atoms with Crippen molar-refractivity contribution in [2.24, 2.45) is 5.73 Å². The lowest BCUT2D eigenvalue weighted by molar-refractivity contribution is 0.498. The molecular weight excluding hydrogens is 292 g/mol. The zero-order valence-corrected chi connectivity index (χ0v) is 12.3. The number of nitrogens with zero attached hydrogens (tertiary/aromatic N) is 3. The number of hydrogen-bond acceptors (Lipinski definition) is 3. The van der Waals surface area contributed by atoms with Gasteiger partial charge in [-0.2, -0.15) is 5.10 Å². The van der Waals surface area contributed by atoms with Gasteiger partial charge in [0.05, 0.1) is 22.4 Å². The van der Waals surface area contributed by atoms with Crippen molar-refractivity contribution < 1.29 is 0 Å². The van der Waals surface area contributed by atoms with Crippen LogP contribution >= 0.6 is 15.9 Å². The summed E-state index contributed by atoms with van der Waals surface area (Å²) in [4.78, 5) is 4.29. The molecule has 0 bridgehead atoms. The Bertz CT molecular complexity index is 548. The van der Waals surface area contributed by atoms with E-state index in [0.29, 0.717) is 0 Å². The minimum absolute atomic E-state index is 0.224. The van der Waals surface area contributed by atoms with Gasteiger partial charge in [0, 0.05) is 17.9 Å². The van der Waals surface area contributed by atoms with Crippen molar-refractivity contribution in [2.75, 3.05) is 0 Å². The van der Waals surface area contributed by atoms with Crippen LogP contribution in [0.2, 0.25) is 0 Å². The van der Waals surface area contributed by atoms with Gasteiger partial charge in [-0.15, -0.1) is 0 Å². The molecule has 2 heterocycles. The number of pyridine rings is 1. The smallest absolute Gasteiger partial charge is 0.0752 e. The molecule has 96 valence electrons. The highest BCUT2D eigenvalue weighted by molar-refractivity contribution is 9.10. The molecule has 2 rings (SSSR count). The molecule has 2 N–H and O–H groups in total. The Labute approximate surface area is 115 Å². The van der Waals surface area contributed by atoms with E-state index in [1.54, 1.807) is 12.4 Å². The van der Waals surface area contributed by atoms with Crippen LogP contribution < -0.4 is 5.73 Å². The SMILES string of the molecule is Cc1ncccc1C(N)c1c(Br)cnn1C(C)C. The summed E-state index contributed by atoms with van der Waals surface area (Å²) < 4.78 is 2.88. The lowest BCUT2D eigenvalue weighted by Gasteiger charge is -2.18. The molecule has 5 heteroatoms. The highest BCUT2D eigenvalue weighted by Crippen LogP contribution is 2.29. The summed E-state index contributed by atoms with van der Waals surface area (Å²) >= 11 is 3.52. The largest absolute Gasteiger partial charge is 0.319 e. The second kappa shape index (κ2) is 5.20. The Morgan fingerprint density at radius 1 is 1.39 bits per heavy atom. The van der Waals surface area contributed by atoms with Crippen LogP contribution in [-0.2, 0) is 0 Å². The maximum Gasteiger partial charge on any atom is 0.0752 e. The third-order valence-corrected chi connectivity index (χ3v) is 3.56. The Kier molecular flexibility index (Phi) is 3.82. The number of halogens is 1. The summed E-state index contributed by atoms with van der Waals surface area (Å²) in [6.45, 7) is 6.15. The first-order valence-corrected chi connectivity index (χ1v) is 6.71. The number of nitrogens with two attached hydrogens (primary N) is 1. The number of aryl methyl sites for hydroxylation is 1. The molecule has 0 fully saturated rings. The van der Waals surface area contributed by atoms with Crippen LogP contribution in [0.4, 0.5) is 0 Å². The van der Waals surface area contributed by atoms with Crippen LogP contribution in [0.15, 0.2) is 29.0 Å². The summed E-state index contributed by atoms with van der Waals surface area (Å²) in [5.41, 5.74) is 9.34. The topological polar surface area (TPSA) is 56.7 Å². The lowest BCUT2D eigenvalue weighted by atomic mass is 10.0. The van der Waals surface area contributed by atoms with E-state index in [1.807, 2.05) is 23.7 Å². The van der Waals surface area contributed by atoms with Gasteiger partial charge >= 0.3 is 0 Å². The Hall–Kier alpha value is -1.20. The molecule has 18 heavy (non-hydrogen) atoms. The van der Waals surface area contributed by atoms with Gasteiger partial charge in [-0.25, -0.2) is 0 Å². The van der Waals surface area contributed by atoms with Gasteiger partial charge in [-0.05, 0) is 48.3 Å². The van der Waals surface area contributed by atoms with Crippen molar-refractivity contribution in [3.8, 4) is 0 Å². The third kappa shape index (κ3) is 2.33. The monoisotopic (exact) mass is 308 g/mol. The molecule has 0 radical (unpaired) electrons. The molecule has 0 aliphatic heterocycles. The molecular formula is C13H17BrN4. The molecule has 1 atom stereocenters. The van der Waals surface area contributed by atoms with Gasteiger partial charge < -0.3 is 5.73 Å². The first-order chi connectivity index (χ1) is 8.52. The standard InChI is InChI=1S/C13H17BrN4/c1-8(2)18-13(11(14)7-17-18)12(15)10-5-4-6-16-9(10)3/h4-8,12H,15H2,1-3H3. The van der Waals surface area contributed by atoms with Crippen LogP contribution in [-0.4, -0.2) is 14.8 Å². The van der Waals surface area contributed by atoms with Gasteiger partial charge in [0.1, 0.15) is 0 Å². The Morgan fingerprint density at radius 3 is 2.72 bits per heavy atom. The minimum Gasteiger partial charge on any atom is -0.319 e. The van der Waals surface area contributed by atoms with E-state index in [-0.39, 0.29) is 12.1 Å². The highest BCUT2D eigenvalue weighted by atomic mass is 79.9. The van der Waals surface area contributed by atoms with Crippen LogP contribution in [0, 0.1) is 6.92 Å². The fraction of sp³-hybridized carbons (Fsp3) is 0.385. The van der Waals surface area contributed by atoms with Crippen LogP contribution in [0.3, 0.4) is 0 Å². The second-order valence-corrected chi connectivity index (χ2v) is 5.43. The van der Waals surface area contributed by atoms with Crippen molar-refractivity contribution in [1.82, 2.24) is 14.8 Å². The molecule has 1 unspecified atom stereocenters. The molecule has 0 aliphatic carbocycles. The zero-order valence-electron chi connectivity index (χ0n) is 10.8. The second-order valence-electron chi connectivity index (χ2n) is 4.57. The molecule has 0 saturated carbocycles. The van der Waals surface area contributed by atoms with E-state index >= 15 is 0 Å². The van der Waals surface area contributed by atoms with Crippen LogP contribution in [0.1, 0.15) is 42.9 Å². The molecule has 0 spiro atoms. The first kappa shape index (κ1) is 13.2. The van der Waals surface area contributed by atoms with Crippen LogP contribution in [0.25, 0.3) is 0 Å². The van der Waals surface area contributed by atoms with E-state index < -0.39 is 0 Å². The van der Waals surface area contributed by atoms with Crippen molar-refractivity contribution in [1.29, 1.82) is 0 Å². The molecule has 2 aromatic heterocycles. The number of rotatable bonds is 3. The van der Waals surface area contributed by atoms with E-state index in [0.717, 1.165) is 21.4 Å². The van der Waals surface area contributed by atoms with Crippen molar-refractivity contribution in [3.05, 3.63) is 46.0 Å². The fourth-order valence-corrected chi connectivity index (χ4v) is 2.55. The van der Waals surface area contributed by atoms with Crippen molar-refractivity contribution in [3.63, 3.8) is 0 Å². The van der Waals surface area contributed by atoms with Gasteiger partial charge in [-0.1, -0.05) is 6.07 Å². The van der Waals surface area contributed by atoms with Crippen LogP contribution in [0.5, 0.6) is 0 Å². The van der Waals surface area contributed by atoms with Gasteiger partial charge in [-0.3, -0.25) is 9.67 Å². The van der Waals surface area contributed by atoms with Crippen molar-refractivity contribution in [2.45, 2.75) is 32.9 Å². The molecule has 0 aromatic carbocycles. The Morgan fingerprint density at radius 2 is 2.11 bits per heavy atom. The molecule has 0 amide bonds. The molecule has 0 aliphatic rings. The summed E-state index contributed by atoms with van der Waals surface area (Å²) in [6, 6.07) is 3.97. The van der Waals surface area contributed by atoms with Crippen molar-refractivity contribution >= 4 is 15.9 Å².